The number of halogens is 1. The lowest BCUT2D eigenvalue weighted by atomic mass is 9.96. The molecule has 0 aromatic carbocycles. The average Bonchev–Trinajstić information content (AvgIpc) is 1.94. The zero-order valence-corrected chi connectivity index (χ0v) is 6.61. The average molecular weight is 180 g/mol. The number of hydrogen-bond donors (Lipinski definition) is 3. The first-order chi connectivity index (χ1) is 5.54. The molecular weight excluding hydrogens is 167 g/mol. The van der Waals surface area contributed by atoms with Gasteiger partial charge in [-0.3, -0.25) is 0 Å². The Labute approximate surface area is 69.6 Å². The predicted octanol–water partition coefficient (Wildman–Crippen LogP) is 1.48. The summed E-state index contributed by atoms with van der Waals surface area (Å²) < 4.78 is 12.3. The summed E-state index contributed by atoms with van der Waals surface area (Å²) in [5, 5.41) is 22.7. The maximum atomic E-state index is 12.3. The van der Waals surface area contributed by atoms with Crippen molar-refractivity contribution in [2.24, 2.45) is 0 Å². The van der Waals surface area contributed by atoms with E-state index in [1.807, 2.05) is 0 Å². The SMILES string of the molecule is O=C(O)O.O[C@@H]1CCCC[C@@H]1F. The summed E-state index contributed by atoms with van der Waals surface area (Å²) in [6.07, 6.45) is -0.296. The van der Waals surface area contributed by atoms with Crippen LogP contribution in [0.4, 0.5) is 9.18 Å². The molecule has 72 valence electrons. The van der Waals surface area contributed by atoms with Gasteiger partial charge in [-0.05, 0) is 12.8 Å². The standard InChI is InChI=1S/C6H11FO.CH2O3/c7-5-3-1-2-4-6(5)8;2-1(3)4/h5-6,8H,1-4H2;(H2,2,3,4)/t5-,6+;/m0./s1. The normalized spacial score (nSPS) is 28.5. The third kappa shape index (κ3) is 5.91. The molecule has 0 radical (unpaired) electrons. The Bertz CT molecular complexity index is 125. The molecule has 0 amide bonds. The molecule has 1 rings (SSSR count). The highest BCUT2D eigenvalue weighted by Gasteiger charge is 2.21. The van der Waals surface area contributed by atoms with Crippen molar-refractivity contribution in [1.29, 1.82) is 0 Å². The van der Waals surface area contributed by atoms with Crippen molar-refractivity contribution in [3.8, 4) is 0 Å². The lowest BCUT2D eigenvalue weighted by molar-refractivity contribution is 0.0442. The molecule has 0 heterocycles. The molecule has 3 N–H and O–H groups in total. The molecule has 0 aromatic heterocycles. The maximum Gasteiger partial charge on any atom is 0.503 e. The van der Waals surface area contributed by atoms with E-state index in [1.54, 1.807) is 0 Å². The first-order valence-electron chi connectivity index (χ1n) is 3.78. The summed E-state index contributed by atoms with van der Waals surface area (Å²) in [6.45, 7) is 0. The van der Waals surface area contributed by atoms with E-state index >= 15 is 0 Å². The molecule has 1 aliphatic carbocycles. The van der Waals surface area contributed by atoms with Crippen LogP contribution in [-0.2, 0) is 0 Å². The van der Waals surface area contributed by atoms with E-state index in [9.17, 15) is 4.39 Å². The molecule has 12 heavy (non-hydrogen) atoms. The summed E-state index contributed by atoms with van der Waals surface area (Å²) in [4.78, 5) is 8.56. The molecule has 5 heteroatoms. The van der Waals surface area contributed by atoms with Crippen LogP contribution in [0.2, 0.25) is 0 Å². The topological polar surface area (TPSA) is 77.8 Å². The van der Waals surface area contributed by atoms with Crippen LogP contribution in [0.25, 0.3) is 0 Å². The Morgan fingerprint density at radius 2 is 1.67 bits per heavy atom. The van der Waals surface area contributed by atoms with Gasteiger partial charge in [0.25, 0.3) is 0 Å². The zero-order chi connectivity index (χ0) is 9.56. The van der Waals surface area contributed by atoms with Gasteiger partial charge in [0.2, 0.25) is 0 Å². The molecule has 2 atom stereocenters. The van der Waals surface area contributed by atoms with E-state index in [-0.39, 0.29) is 0 Å². The van der Waals surface area contributed by atoms with Crippen LogP contribution in [0.1, 0.15) is 25.7 Å². The Kier molecular flexibility index (Phi) is 5.36. The molecule has 0 aromatic rings. The van der Waals surface area contributed by atoms with E-state index in [1.165, 1.54) is 0 Å². The van der Waals surface area contributed by atoms with Crippen molar-refractivity contribution < 1.29 is 24.5 Å². The highest BCUT2D eigenvalue weighted by Crippen LogP contribution is 2.20. The third-order valence-corrected chi connectivity index (χ3v) is 1.65. The van der Waals surface area contributed by atoms with Gasteiger partial charge < -0.3 is 15.3 Å². The molecule has 0 aliphatic heterocycles. The number of aliphatic hydroxyl groups is 1. The van der Waals surface area contributed by atoms with Crippen molar-refractivity contribution in [3.05, 3.63) is 0 Å². The zero-order valence-electron chi connectivity index (χ0n) is 6.61. The largest absolute Gasteiger partial charge is 0.503 e. The number of aliphatic hydroxyl groups excluding tert-OH is 1. The van der Waals surface area contributed by atoms with Gasteiger partial charge in [-0.25, -0.2) is 9.18 Å². The lowest BCUT2D eigenvalue weighted by Crippen LogP contribution is -2.25. The van der Waals surface area contributed by atoms with Crippen molar-refractivity contribution >= 4 is 6.16 Å². The van der Waals surface area contributed by atoms with Crippen molar-refractivity contribution in [2.75, 3.05) is 0 Å². The lowest BCUT2D eigenvalue weighted by Gasteiger charge is -2.20. The van der Waals surface area contributed by atoms with Crippen LogP contribution in [0.3, 0.4) is 0 Å². The Hall–Kier alpha value is -0.840. The fraction of sp³-hybridized carbons (Fsp3) is 0.857. The maximum absolute atomic E-state index is 12.3. The summed E-state index contributed by atoms with van der Waals surface area (Å²) in [5.74, 6) is 0. The smallest absolute Gasteiger partial charge is 0.450 e. The van der Waals surface area contributed by atoms with Gasteiger partial charge in [0.1, 0.15) is 6.17 Å². The van der Waals surface area contributed by atoms with Gasteiger partial charge >= 0.3 is 6.16 Å². The number of carboxylic acid groups (broad SMARTS) is 2. The van der Waals surface area contributed by atoms with E-state index in [0.29, 0.717) is 12.8 Å². The third-order valence-electron chi connectivity index (χ3n) is 1.65. The van der Waals surface area contributed by atoms with Crippen LogP contribution in [0, 0.1) is 0 Å². The molecular formula is C7H13FO4. The second-order valence-corrected chi connectivity index (χ2v) is 2.65. The summed E-state index contributed by atoms with van der Waals surface area (Å²) >= 11 is 0. The van der Waals surface area contributed by atoms with E-state index in [0.717, 1.165) is 12.8 Å². The number of rotatable bonds is 0. The first-order valence-corrected chi connectivity index (χ1v) is 3.78. The second-order valence-electron chi connectivity index (χ2n) is 2.65. The molecule has 1 saturated carbocycles. The summed E-state index contributed by atoms with van der Waals surface area (Å²) in [7, 11) is 0. The van der Waals surface area contributed by atoms with Crippen LogP contribution >= 0.6 is 0 Å². The number of alkyl halides is 1. The molecule has 0 bridgehead atoms. The Balaban J connectivity index is 0.000000261. The number of hydrogen-bond acceptors (Lipinski definition) is 2. The molecule has 0 saturated heterocycles. The van der Waals surface area contributed by atoms with Crippen LogP contribution in [0.5, 0.6) is 0 Å². The van der Waals surface area contributed by atoms with Gasteiger partial charge in [-0.1, -0.05) is 12.8 Å². The highest BCUT2D eigenvalue weighted by atomic mass is 19.1. The summed E-state index contributed by atoms with van der Waals surface area (Å²) in [6, 6.07) is 0. The minimum atomic E-state index is -1.83. The van der Waals surface area contributed by atoms with Crippen LogP contribution < -0.4 is 0 Å². The van der Waals surface area contributed by atoms with E-state index in [4.69, 9.17) is 20.1 Å². The van der Waals surface area contributed by atoms with Crippen molar-refractivity contribution in [1.82, 2.24) is 0 Å². The summed E-state index contributed by atoms with van der Waals surface area (Å²) in [5.41, 5.74) is 0. The minimum absolute atomic E-state index is 0.557. The van der Waals surface area contributed by atoms with Gasteiger partial charge in [-0.15, -0.1) is 0 Å². The Morgan fingerprint density at radius 1 is 1.25 bits per heavy atom. The van der Waals surface area contributed by atoms with Crippen molar-refractivity contribution in [3.63, 3.8) is 0 Å². The minimum Gasteiger partial charge on any atom is -0.450 e. The monoisotopic (exact) mass is 180 g/mol. The van der Waals surface area contributed by atoms with Gasteiger partial charge in [-0.2, -0.15) is 0 Å². The molecule has 0 unspecified atom stereocenters. The van der Waals surface area contributed by atoms with Gasteiger partial charge in [0, 0.05) is 0 Å². The predicted molar refractivity (Wildman–Crippen MR) is 40.0 cm³/mol. The molecule has 1 fully saturated rings. The van der Waals surface area contributed by atoms with E-state index in [2.05, 4.69) is 0 Å². The van der Waals surface area contributed by atoms with Gasteiger partial charge in [0.15, 0.2) is 0 Å². The molecule has 1 aliphatic rings. The van der Waals surface area contributed by atoms with Crippen molar-refractivity contribution in [2.45, 2.75) is 38.0 Å². The fourth-order valence-corrected chi connectivity index (χ4v) is 1.07. The molecule has 0 spiro atoms. The quantitative estimate of drug-likeness (QED) is 0.527. The Morgan fingerprint density at radius 3 is 1.92 bits per heavy atom. The van der Waals surface area contributed by atoms with E-state index < -0.39 is 18.4 Å². The molecule has 4 nitrogen and oxygen atoms in total. The second kappa shape index (κ2) is 5.77. The first kappa shape index (κ1) is 11.2. The fourth-order valence-electron chi connectivity index (χ4n) is 1.07. The highest BCUT2D eigenvalue weighted by molar-refractivity contribution is 5.53. The van der Waals surface area contributed by atoms with Crippen LogP contribution in [0.15, 0.2) is 0 Å². The van der Waals surface area contributed by atoms with Gasteiger partial charge in [0.05, 0.1) is 6.10 Å². The number of carbonyl (C=O) groups is 1. The van der Waals surface area contributed by atoms with Crippen LogP contribution in [-0.4, -0.2) is 33.8 Å².